The van der Waals surface area contributed by atoms with Gasteiger partial charge in [0.15, 0.2) is 5.69 Å². The van der Waals surface area contributed by atoms with E-state index in [4.69, 9.17) is 9.63 Å². The Labute approximate surface area is 87.5 Å². The van der Waals surface area contributed by atoms with Crippen LogP contribution in [-0.2, 0) is 6.42 Å². The van der Waals surface area contributed by atoms with E-state index >= 15 is 0 Å². The number of rotatable bonds is 3. The zero-order chi connectivity index (χ0) is 10.7. The molecule has 1 aromatic heterocycles. The van der Waals surface area contributed by atoms with E-state index in [9.17, 15) is 4.79 Å². The lowest BCUT2D eigenvalue weighted by molar-refractivity contribution is 0.0685. The lowest BCUT2D eigenvalue weighted by atomic mass is 10.0. The van der Waals surface area contributed by atoms with Crippen molar-refractivity contribution in [3.8, 4) is 0 Å². The van der Waals surface area contributed by atoms with Crippen LogP contribution < -0.4 is 5.32 Å². The summed E-state index contributed by atoms with van der Waals surface area (Å²) in [5.41, 5.74) is -0.0131. The molecule has 1 atom stereocenters. The van der Waals surface area contributed by atoms with E-state index in [1.54, 1.807) is 0 Å². The van der Waals surface area contributed by atoms with E-state index in [1.807, 2.05) is 0 Å². The maximum absolute atomic E-state index is 10.6. The number of aromatic nitrogens is 1. The molecule has 0 bridgehead atoms. The highest BCUT2D eigenvalue weighted by Crippen LogP contribution is 2.13. The Morgan fingerprint density at radius 1 is 1.67 bits per heavy atom. The largest absolute Gasteiger partial charge is 0.476 e. The number of hydrogen-bond donors (Lipinski definition) is 2. The summed E-state index contributed by atoms with van der Waals surface area (Å²) in [5, 5.41) is 15.5. The molecule has 5 nitrogen and oxygen atoms in total. The molecule has 1 aliphatic rings. The maximum atomic E-state index is 10.6. The number of piperidine rings is 1. The van der Waals surface area contributed by atoms with Gasteiger partial charge in [0, 0.05) is 18.5 Å². The van der Waals surface area contributed by atoms with Crippen LogP contribution in [0.25, 0.3) is 0 Å². The predicted molar refractivity (Wildman–Crippen MR) is 52.8 cm³/mol. The second-order valence-electron chi connectivity index (χ2n) is 3.83. The summed E-state index contributed by atoms with van der Waals surface area (Å²) in [7, 11) is 0. The number of aromatic carboxylic acids is 1. The molecule has 0 aliphatic carbocycles. The molecule has 2 rings (SSSR count). The highest BCUT2D eigenvalue weighted by molar-refractivity contribution is 5.85. The van der Waals surface area contributed by atoms with Gasteiger partial charge < -0.3 is 14.9 Å². The average Bonchev–Trinajstić information content (AvgIpc) is 2.68. The first-order valence-electron chi connectivity index (χ1n) is 5.18. The van der Waals surface area contributed by atoms with Crippen molar-refractivity contribution in [1.29, 1.82) is 0 Å². The summed E-state index contributed by atoms with van der Waals surface area (Å²) in [5.74, 6) is -0.395. The van der Waals surface area contributed by atoms with Crippen LogP contribution in [0.1, 0.15) is 35.5 Å². The van der Waals surface area contributed by atoms with Crippen molar-refractivity contribution in [2.75, 3.05) is 6.54 Å². The maximum Gasteiger partial charge on any atom is 0.358 e. The Balaban J connectivity index is 1.94. The number of carbonyl (C=O) groups is 1. The number of carboxylic acid groups (broad SMARTS) is 1. The van der Waals surface area contributed by atoms with Gasteiger partial charge in [-0.15, -0.1) is 0 Å². The standard InChI is InChI=1S/C10H14N2O3/c13-10(14)9-6-8(15-12-9)5-7-3-1-2-4-11-7/h6-7,11H,1-5H2,(H,13,14). The van der Waals surface area contributed by atoms with E-state index < -0.39 is 5.97 Å². The van der Waals surface area contributed by atoms with Crippen molar-refractivity contribution in [3.05, 3.63) is 17.5 Å². The SMILES string of the molecule is O=C(O)c1cc(CC2CCCCN2)on1. The van der Waals surface area contributed by atoms with Gasteiger partial charge in [0.05, 0.1) is 0 Å². The van der Waals surface area contributed by atoms with Gasteiger partial charge in [0.2, 0.25) is 0 Å². The normalized spacial score (nSPS) is 21.5. The van der Waals surface area contributed by atoms with E-state index in [2.05, 4.69) is 10.5 Å². The Kier molecular flexibility index (Phi) is 3.01. The van der Waals surface area contributed by atoms with Gasteiger partial charge in [-0.1, -0.05) is 11.6 Å². The second kappa shape index (κ2) is 4.44. The minimum atomic E-state index is -1.04. The molecule has 0 spiro atoms. The average molecular weight is 210 g/mol. The van der Waals surface area contributed by atoms with Gasteiger partial charge in [-0.25, -0.2) is 4.79 Å². The first-order chi connectivity index (χ1) is 7.25. The summed E-state index contributed by atoms with van der Waals surface area (Å²) in [6, 6.07) is 1.90. The minimum Gasteiger partial charge on any atom is -0.476 e. The smallest absolute Gasteiger partial charge is 0.358 e. The minimum absolute atomic E-state index is 0.0131. The third-order valence-electron chi connectivity index (χ3n) is 2.64. The van der Waals surface area contributed by atoms with E-state index in [0.717, 1.165) is 19.4 Å². The molecule has 0 saturated carbocycles. The molecule has 1 saturated heterocycles. The van der Waals surface area contributed by atoms with Crippen molar-refractivity contribution in [3.63, 3.8) is 0 Å². The Morgan fingerprint density at radius 3 is 3.13 bits per heavy atom. The van der Waals surface area contributed by atoms with Crippen LogP contribution in [0.3, 0.4) is 0 Å². The van der Waals surface area contributed by atoms with Crippen LogP contribution >= 0.6 is 0 Å². The van der Waals surface area contributed by atoms with Gasteiger partial charge >= 0.3 is 5.97 Å². The molecule has 1 fully saturated rings. The zero-order valence-electron chi connectivity index (χ0n) is 8.40. The van der Waals surface area contributed by atoms with E-state index in [-0.39, 0.29) is 5.69 Å². The summed E-state index contributed by atoms with van der Waals surface area (Å²) in [6.45, 7) is 1.03. The van der Waals surface area contributed by atoms with Crippen LogP contribution in [0.2, 0.25) is 0 Å². The Bertz CT molecular complexity index is 342. The molecule has 0 aromatic carbocycles. The van der Waals surface area contributed by atoms with E-state index in [0.29, 0.717) is 11.8 Å². The van der Waals surface area contributed by atoms with Gasteiger partial charge in [-0.05, 0) is 19.4 Å². The summed E-state index contributed by atoms with van der Waals surface area (Å²) in [6.07, 6.45) is 4.27. The first kappa shape index (κ1) is 10.2. The van der Waals surface area contributed by atoms with Crippen LogP contribution in [0.5, 0.6) is 0 Å². The molecule has 0 amide bonds. The summed E-state index contributed by atoms with van der Waals surface area (Å²) >= 11 is 0. The van der Waals surface area contributed by atoms with Gasteiger partial charge in [0.25, 0.3) is 0 Å². The van der Waals surface area contributed by atoms with Crippen molar-refractivity contribution in [2.45, 2.75) is 31.7 Å². The number of hydrogen-bond acceptors (Lipinski definition) is 4. The van der Waals surface area contributed by atoms with E-state index in [1.165, 1.54) is 18.9 Å². The fourth-order valence-corrected chi connectivity index (χ4v) is 1.85. The molecule has 82 valence electrons. The van der Waals surface area contributed by atoms with Gasteiger partial charge in [-0.3, -0.25) is 0 Å². The summed E-state index contributed by atoms with van der Waals surface area (Å²) < 4.78 is 4.96. The van der Waals surface area contributed by atoms with Crippen molar-refractivity contribution >= 4 is 5.97 Å². The molecule has 2 heterocycles. The molecular formula is C10H14N2O3. The topological polar surface area (TPSA) is 75.4 Å². The molecule has 1 unspecified atom stereocenters. The van der Waals surface area contributed by atoms with Crippen LogP contribution in [-0.4, -0.2) is 28.8 Å². The third kappa shape index (κ3) is 2.56. The zero-order valence-corrected chi connectivity index (χ0v) is 8.40. The molecule has 15 heavy (non-hydrogen) atoms. The highest BCUT2D eigenvalue weighted by Gasteiger charge is 2.17. The first-order valence-corrected chi connectivity index (χ1v) is 5.18. The molecule has 1 aromatic rings. The molecule has 2 N–H and O–H groups in total. The Morgan fingerprint density at radius 2 is 2.53 bits per heavy atom. The van der Waals surface area contributed by atoms with Crippen LogP contribution in [0.4, 0.5) is 0 Å². The molecule has 0 radical (unpaired) electrons. The highest BCUT2D eigenvalue weighted by atomic mass is 16.5. The second-order valence-corrected chi connectivity index (χ2v) is 3.83. The predicted octanol–water partition coefficient (Wildman–Crippen LogP) is 1.06. The van der Waals surface area contributed by atoms with Gasteiger partial charge in [-0.2, -0.15) is 0 Å². The number of nitrogens with one attached hydrogen (secondary N) is 1. The van der Waals surface area contributed by atoms with Crippen LogP contribution in [0, 0.1) is 0 Å². The number of nitrogens with zero attached hydrogens (tertiary/aromatic N) is 1. The fourth-order valence-electron chi connectivity index (χ4n) is 1.85. The fraction of sp³-hybridized carbons (Fsp3) is 0.600. The quantitative estimate of drug-likeness (QED) is 0.780. The lowest BCUT2D eigenvalue weighted by Crippen LogP contribution is -2.35. The molecule has 5 heteroatoms. The van der Waals surface area contributed by atoms with Gasteiger partial charge in [0.1, 0.15) is 5.76 Å². The Hall–Kier alpha value is -1.36. The number of carboxylic acids is 1. The van der Waals surface area contributed by atoms with Crippen molar-refractivity contribution in [1.82, 2.24) is 10.5 Å². The monoisotopic (exact) mass is 210 g/mol. The molecule has 1 aliphatic heterocycles. The van der Waals surface area contributed by atoms with Crippen LogP contribution in [0.15, 0.2) is 10.6 Å². The lowest BCUT2D eigenvalue weighted by Gasteiger charge is -2.21. The van der Waals surface area contributed by atoms with Crippen molar-refractivity contribution in [2.24, 2.45) is 0 Å². The van der Waals surface area contributed by atoms with Crippen molar-refractivity contribution < 1.29 is 14.4 Å². The summed E-state index contributed by atoms with van der Waals surface area (Å²) in [4.78, 5) is 10.6. The third-order valence-corrected chi connectivity index (χ3v) is 2.64. The molecular weight excluding hydrogens is 196 g/mol.